The highest BCUT2D eigenvalue weighted by molar-refractivity contribution is 5.95. The van der Waals surface area contributed by atoms with Gasteiger partial charge in [-0.05, 0) is 30.5 Å². The maximum atomic E-state index is 12.7. The minimum absolute atomic E-state index is 0. The molecule has 1 aliphatic rings. The normalized spacial score (nSPS) is 17.4. The third-order valence-electron chi connectivity index (χ3n) is 4.48. The van der Waals surface area contributed by atoms with E-state index < -0.39 is 0 Å². The van der Waals surface area contributed by atoms with Crippen LogP contribution in [0.2, 0.25) is 0 Å². The van der Waals surface area contributed by atoms with Gasteiger partial charge >= 0.3 is 0 Å². The van der Waals surface area contributed by atoms with E-state index in [9.17, 15) is 9.90 Å². The van der Waals surface area contributed by atoms with Gasteiger partial charge in [0.15, 0.2) is 11.4 Å². The van der Waals surface area contributed by atoms with E-state index in [0.717, 1.165) is 18.8 Å². The van der Waals surface area contributed by atoms with Crippen molar-refractivity contribution in [3.63, 3.8) is 0 Å². The summed E-state index contributed by atoms with van der Waals surface area (Å²) in [5.41, 5.74) is 2.17. The molecule has 2 N–H and O–H groups in total. The number of nitrogens with zero attached hydrogens (tertiary/aromatic N) is 3. The number of hydrogen-bond acceptors (Lipinski definition) is 4. The molecular weight excluding hydrogens is 340 g/mol. The molecule has 25 heavy (non-hydrogen) atoms. The molecule has 2 heterocycles. The monoisotopic (exact) mass is 364 g/mol. The van der Waals surface area contributed by atoms with E-state index in [2.05, 4.69) is 24.3 Å². The predicted molar refractivity (Wildman–Crippen MR) is 99.9 cm³/mol. The molecule has 0 radical (unpaired) electrons. The summed E-state index contributed by atoms with van der Waals surface area (Å²) in [6, 6.07) is 8.06. The maximum Gasteiger partial charge on any atom is 0.278 e. The van der Waals surface area contributed by atoms with Crippen molar-refractivity contribution >= 4 is 18.3 Å². The van der Waals surface area contributed by atoms with Crippen molar-refractivity contribution in [3.05, 3.63) is 41.7 Å². The van der Waals surface area contributed by atoms with Crippen molar-refractivity contribution in [2.24, 2.45) is 0 Å². The molecule has 1 fully saturated rings. The number of nitrogens with one attached hydrogen (secondary N) is 1. The Bertz CT molecular complexity index is 727. The molecule has 0 spiro atoms. The summed E-state index contributed by atoms with van der Waals surface area (Å²) in [4.78, 5) is 14.4. The lowest BCUT2D eigenvalue weighted by Gasteiger charge is -2.33. The molecule has 0 unspecified atom stereocenters. The number of hydrogen-bond donors (Lipinski definition) is 2. The molecule has 0 saturated carbocycles. The first kappa shape index (κ1) is 19.3. The fourth-order valence-corrected chi connectivity index (χ4v) is 2.94. The van der Waals surface area contributed by atoms with Crippen LogP contribution in [0.1, 0.15) is 42.7 Å². The summed E-state index contributed by atoms with van der Waals surface area (Å²) in [7, 11) is 0. The molecule has 0 aliphatic carbocycles. The van der Waals surface area contributed by atoms with E-state index in [4.69, 9.17) is 0 Å². The Labute approximate surface area is 154 Å². The highest BCUT2D eigenvalue weighted by Crippen LogP contribution is 2.22. The van der Waals surface area contributed by atoms with Crippen LogP contribution in [0.3, 0.4) is 0 Å². The third-order valence-corrected chi connectivity index (χ3v) is 4.48. The molecule has 1 aromatic heterocycles. The molecule has 3 rings (SSSR count). The van der Waals surface area contributed by atoms with Crippen molar-refractivity contribution < 1.29 is 9.90 Å². The summed E-state index contributed by atoms with van der Waals surface area (Å²) < 4.78 is 1.56. The van der Waals surface area contributed by atoms with Gasteiger partial charge in [-0.1, -0.05) is 26.0 Å². The number of piperazine rings is 1. The molecule has 1 aliphatic heterocycles. The van der Waals surface area contributed by atoms with Gasteiger partial charge in [0.2, 0.25) is 0 Å². The minimum atomic E-state index is -0.223. The fourth-order valence-electron chi connectivity index (χ4n) is 2.94. The average molecular weight is 365 g/mol. The maximum absolute atomic E-state index is 12.7. The summed E-state index contributed by atoms with van der Waals surface area (Å²) >= 11 is 0. The number of benzene rings is 1. The SMILES string of the molecule is CC(C)c1ccc(-n2cc(O)c(C(=O)N3CCNC[C@H]3C)n2)cc1.Cl. The van der Waals surface area contributed by atoms with Crippen molar-refractivity contribution in [2.45, 2.75) is 32.7 Å². The van der Waals surface area contributed by atoms with Crippen LogP contribution in [0.15, 0.2) is 30.5 Å². The number of amides is 1. The molecular formula is C18H25ClN4O2. The van der Waals surface area contributed by atoms with Gasteiger partial charge in [0.1, 0.15) is 0 Å². The molecule has 1 aromatic carbocycles. The van der Waals surface area contributed by atoms with Gasteiger partial charge in [0.05, 0.1) is 11.9 Å². The van der Waals surface area contributed by atoms with Crippen LogP contribution in [-0.2, 0) is 0 Å². The van der Waals surface area contributed by atoms with Crippen molar-refractivity contribution in [1.82, 2.24) is 20.0 Å². The summed E-state index contributed by atoms with van der Waals surface area (Å²) in [6.45, 7) is 8.40. The van der Waals surface area contributed by atoms with E-state index in [-0.39, 0.29) is 35.8 Å². The molecule has 0 bridgehead atoms. The van der Waals surface area contributed by atoms with Crippen molar-refractivity contribution in [3.8, 4) is 11.4 Å². The van der Waals surface area contributed by atoms with Gasteiger partial charge in [0.25, 0.3) is 5.91 Å². The van der Waals surface area contributed by atoms with Crippen LogP contribution in [-0.4, -0.2) is 51.4 Å². The first-order valence-corrected chi connectivity index (χ1v) is 8.38. The quantitative estimate of drug-likeness (QED) is 0.878. The summed E-state index contributed by atoms with van der Waals surface area (Å²) in [5, 5.41) is 17.7. The van der Waals surface area contributed by atoms with Gasteiger partial charge in [-0.25, -0.2) is 4.68 Å². The summed E-state index contributed by atoms with van der Waals surface area (Å²) in [6.07, 6.45) is 1.49. The van der Waals surface area contributed by atoms with Crippen LogP contribution < -0.4 is 5.32 Å². The zero-order chi connectivity index (χ0) is 17.3. The Balaban J connectivity index is 0.00000225. The van der Waals surface area contributed by atoms with Crippen LogP contribution in [0.25, 0.3) is 5.69 Å². The number of aromatic nitrogens is 2. The van der Waals surface area contributed by atoms with Crippen LogP contribution in [0.5, 0.6) is 5.75 Å². The smallest absolute Gasteiger partial charge is 0.278 e. The second kappa shape index (κ2) is 7.89. The zero-order valence-electron chi connectivity index (χ0n) is 14.8. The molecule has 1 atom stereocenters. The Kier molecular flexibility index (Phi) is 6.08. The van der Waals surface area contributed by atoms with E-state index in [0.29, 0.717) is 12.5 Å². The molecule has 2 aromatic rings. The summed E-state index contributed by atoms with van der Waals surface area (Å²) in [5.74, 6) is 0.147. The van der Waals surface area contributed by atoms with E-state index in [1.807, 2.05) is 31.2 Å². The first-order valence-electron chi connectivity index (χ1n) is 8.38. The van der Waals surface area contributed by atoms with Crippen LogP contribution >= 0.6 is 12.4 Å². The average Bonchev–Trinajstić information content (AvgIpc) is 2.96. The standard InChI is InChI=1S/C18H24N4O2.ClH/c1-12(2)14-4-6-15(7-5-14)22-11-16(23)17(20-22)18(24)21-9-8-19-10-13(21)3;/h4-7,11-13,19,23H,8-10H2,1-3H3;1H/t13-;/m1./s1. The number of carbonyl (C=O) groups is 1. The lowest BCUT2D eigenvalue weighted by atomic mass is 10.0. The van der Waals surface area contributed by atoms with Crippen LogP contribution in [0, 0.1) is 0 Å². The molecule has 1 saturated heterocycles. The lowest BCUT2D eigenvalue weighted by molar-refractivity contribution is 0.0646. The Morgan fingerprint density at radius 1 is 1.32 bits per heavy atom. The van der Waals surface area contributed by atoms with Gasteiger partial charge in [-0.3, -0.25) is 4.79 Å². The molecule has 136 valence electrons. The second-order valence-electron chi connectivity index (χ2n) is 6.61. The number of carbonyl (C=O) groups excluding carboxylic acids is 1. The molecule has 1 amide bonds. The number of aromatic hydroxyl groups is 1. The second-order valence-corrected chi connectivity index (χ2v) is 6.61. The van der Waals surface area contributed by atoms with Gasteiger partial charge in [-0.15, -0.1) is 12.4 Å². The third kappa shape index (κ3) is 3.96. The van der Waals surface area contributed by atoms with Crippen LogP contribution in [0.4, 0.5) is 0 Å². The Morgan fingerprint density at radius 3 is 2.60 bits per heavy atom. The van der Waals surface area contributed by atoms with E-state index in [1.165, 1.54) is 11.8 Å². The minimum Gasteiger partial charge on any atom is -0.504 e. The Morgan fingerprint density at radius 2 is 2.00 bits per heavy atom. The molecule has 7 heteroatoms. The van der Waals surface area contributed by atoms with Gasteiger partial charge in [0, 0.05) is 25.7 Å². The first-order chi connectivity index (χ1) is 11.5. The lowest BCUT2D eigenvalue weighted by Crippen LogP contribution is -2.52. The van der Waals surface area contributed by atoms with Crippen molar-refractivity contribution in [1.29, 1.82) is 0 Å². The van der Waals surface area contributed by atoms with Gasteiger partial charge < -0.3 is 15.3 Å². The van der Waals surface area contributed by atoms with Gasteiger partial charge in [-0.2, -0.15) is 5.10 Å². The topological polar surface area (TPSA) is 70.4 Å². The fraction of sp³-hybridized carbons (Fsp3) is 0.444. The highest BCUT2D eigenvalue weighted by atomic mass is 35.5. The highest BCUT2D eigenvalue weighted by Gasteiger charge is 2.28. The van der Waals surface area contributed by atoms with Crippen molar-refractivity contribution in [2.75, 3.05) is 19.6 Å². The Hall–Kier alpha value is -2.05. The van der Waals surface area contributed by atoms with E-state index >= 15 is 0 Å². The predicted octanol–water partition coefficient (Wildman–Crippen LogP) is 2.56. The zero-order valence-corrected chi connectivity index (χ0v) is 15.6. The number of rotatable bonds is 3. The van der Waals surface area contributed by atoms with E-state index in [1.54, 1.807) is 9.58 Å². The largest absolute Gasteiger partial charge is 0.504 e. The number of halogens is 1. The molecule has 6 nitrogen and oxygen atoms in total.